The molecule has 8 heteroatoms. The second-order valence-electron chi connectivity index (χ2n) is 7.87. The van der Waals surface area contributed by atoms with Crippen LogP contribution in [0.1, 0.15) is 62.2 Å². The molecule has 0 aromatic carbocycles. The number of amides is 1. The number of anilines is 2. The molecule has 27 heavy (non-hydrogen) atoms. The Kier molecular flexibility index (Phi) is 6.49. The minimum absolute atomic E-state index is 0.0641. The zero-order chi connectivity index (χ0) is 19.4. The number of carbonyl (C=O) groups is 1. The molecule has 0 spiro atoms. The average molecular weight is 377 g/mol. The molecule has 0 radical (unpaired) electrons. The summed E-state index contributed by atoms with van der Waals surface area (Å²) in [5.41, 5.74) is 5.77. The van der Waals surface area contributed by atoms with Crippen molar-refractivity contribution < 1.29 is 14.6 Å². The Hall–Kier alpha value is -1.93. The molecule has 2 fully saturated rings. The first-order valence-electron chi connectivity index (χ1n) is 9.87. The highest BCUT2D eigenvalue weighted by atomic mass is 16.5. The van der Waals surface area contributed by atoms with Gasteiger partial charge in [-0.15, -0.1) is 0 Å². The smallest absolute Gasteiger partial charge is 0.254 e. The second-order valence-corrected chi connectivity index (χ2v) is 7.87. The SMILES string of the molecule is CO[C@H]1CC[C@H](Nc2ncc(C(N)=O)c(NC3CC[C@H](C)[C@@H](O)C3)n2)CC1. The molecule has 2 aliphatic rings. The molecule has 5 N–H and O–H groups in total. The Morgan fingerprint density at radius 1 is 1.19 bits per heavy atom. The van der Waals surface area contributed by atoms with Crippen molar-refractivity contribution in [2.24, 2.45) is 11.7 Å². The van der Waals surface area contributed by atoms with Crippen LogP contribution in [0.15, 0.2) is 6.20 Å². The Labute approximate surface area is 160 Å². The Morgan fingerprint density at radius 3 is 2.52 bits per heavy atom. The number of aromatic nitrogens is 2. The number of ether oxygens (including phenoxy) is 1. The van der Waals surface area contributed by atoms with E-state index < -0.39 is 5.91 Å². The summed E-state index contributed by atoms with van der Waals surface area (Å²) in [6.07, 6.45) is 7.96. The lowest BCUT2D eigenvalue weighted by molar-refractivity contribution is 0.0681. The van der Waals surface area contributed by atoms with E-state index in [4.69, 9.17) is 10.5 Å². The van der Waals surface area contributed by atoms with Gasteiger partial charge < -0.3 is 26.2 Å². The summed E-state index contributed by atoms with van der Waals surface area (Å²) in [4.78, 5) is 20.6. The van der Waals surface area contributed by atoms with Gasteiger partial charge in [0.1, 0.15) is 5.82 Å². The van der Waals surface area contributed by atoms with E-state index in [1.807, 2.05) is 0 Å². The number of nitrogens with zero attached hydrogens (tertiary/aromatic N) is 2. The van der Waals surface area contributed by atoms with E-state index in [2.05, 4.69) is 27.5 Å². The van der Waals surface area contributed by atoms with Gasteiger partial charge in [0.2, 0.25) is 5.95 Å². The van der Waals surface area contributed by atoms with Crippen molar-refractivity contribution in [3.05, 3.63) is 11.8 Å². The van der Waals surface area contributed by atoms with Gasteiger partial charge in [-0.2, -0.15) is 4.98 Å². The van der Waals surface area contributed by atoms with E-state index in [-0.39, 0.29) is 17.7 Å². The van der Waals surface area contributed by atoms with Crippen molar-refractivity contribution in [3.8, 4) is 0 Å². The normalized spacial score (nSPS) is 31.3. The summed E-state index contributed by atoms with van der Waals surface area (Å²) in [6.45, 7) is 2.06. The lowest BCUT2D eigenvalue weighted by Gasteiger charge is -2.32. The third kappa shape index (κ3) is 5.07. The number of hydrogen-bond acceptors (Lipinski definition) is 7. The fraction of sp³-hybridized carbons (Fsp3) is 0.737. The highest BCUT2D eigenvalue weighted by Gasteiger charge is 2.27. The molecule has 0 bridgehead atoms. The van der Waals surface area contributed by atoms with Crippen molar-refractivity contribution in [3.63, 3.8) is 0 Å². The van der Waals surface area contributed by atoms with Gasteiger partial charge in [0.25, 0.3) is 5.91 Å². The van der Waals surface area contributed by atoms with Gasteiger partial charge in [-0.25, -0.2) is 4.98 Å². The number of carbonyl (C=O) groups excluding carboxylic acids is 1. The molecule has 8 nitrogen and oxygen atoms in total. The van der Waals surface area contributed by atoms with Gasteiger partial charge in [-0.1, -0.05) is 6.92 Å². The van der Waals surface area contributed by atoms with Crippen LogP contribution in [0.2, 0.25) is 0 Å². The van der Waals surface area contributed by atoms with E-state index in [9.17, 15) is 9.90 Å². The molecule has 3 atom stereocenters. The maximum atomic E-state index is 11.8. The summed E-state index contributed by atoms with van der Waals surface area (Å²) in [5.74, 6) is 0.670. The summed E-state index contributed by atoms with van der Waals surface area (Å²) < 4.78 is 5.41. The molecule has 2 saturated carbocycles. The van der Waals surface area contributed by atoms with Crippen molar-refractivity contribution >= 4 is 17.7 Å². The quantitative estimate of drug-likeness (QED) is 0.597. The number of nitrogens with one attached hydrogen (secondary N) is 2. The molecule has 1 amide bonds. The number of primary amides is 1. The summed E-state index contributed by atoms with van der Waals surface area (Å²) in [5, 5.41) is 16.8. The van der Waals surface area contributed by atoms with Gasteiger partial charge in [-0.3, -0.25) is 4.79 Å². The third-order valence-electron chi connectivity index (χ3n) is 5.89. The maximum absolute atomic E-state index is 11.8. The van der Waals surface area contributed by atoms with Gasteiger partial charge >= 0.3 is 0 Å². The highest BCUT2D eigenvalue weighted by Crippen LogP contribution is 2.28. The molecular weight excluding hydrogens is 346 g/mol. The van der Waals surface area contributed by atoms with Crippen LogP contribution in [0.3, 0.4) is 0 Å². The van der Waals surface area contributed by atoms with E-state index in [0.717, 1.165) is 38.5 Å². The van der Waals surface area contributed by atoms with Gasteiger partial charge in [0, 0.05) is 25.4 Å². The van der Waals surface area contributed by atoms with Crippen LogP contribution < -0.4 is 16.4 Å². The van der Waals surface area contributed by atoms with Gasteiger partial charge in [0.05, 0.1) is 17.8 Å². The van der Waals surface area contributed by atoms with Crippen molar-refractivity contribution in [2.75, 3.05) is 17.7 Å². The lowest BCUT2D eigenvalue weighted by Crippen LogP contribution is -2.36. The van der Waals surface area contributed by atoms with Crippen LogP contribution in [-0.2, 0) is 4.74 Å². The first kappa shape index (κ1) is 19.8. The fourth-order valence-corrected chi connectivity index (χ4v) is 3.99. The first-order chi connectivity index (χ1) is 13.0. The monoisotopic (exact) mass is 377 g/mol. The van der Waals surface area contributed by atoms with Crippen LogP contribution in [0.25, 0.3) is 0 Å². The van der Waals surface area contributed by atoms with E-state index in [1.54, 1.807) is 7.11 Å². The molecule has 2 aliphatic carbocycles. The summed E-state index contributed by atoms with van der Waals surface area (Å²) >= 11 is 0. The van der Waals surface area contributed by atoms with Crippen LogP contribution >= 0.6 is 0 Å². The molecule has 1 unspecified atom stereocenters. The molecule has 3 rings (SSSR count). The number of rotatable bonds is 6. The lowest BCUT2D eigenvalue weighted by atomic mass is 9.85. The molecule has 150 valence electrons. The highest BCUT2D eigenvalue weighted by molar-refractivity contribution is 5.97. The molecule has 0 aliphatic heterocycles. The standard InChI is InChI=1S/C19H31N5O3/c1-11-3-4-13(9-16(11)25)22-18-15(17(20)26)10-21-19(24-18)23-12-5-7-14(27-2)8-6-12/h10-14,16,25H,3-9H2,1-2H3,(H2,20,26)(H2,21,22,23,24)/t11-,12-,13?,14-,16-/m0/s1. The summed E-state index contributed by atoms with van der Waals surface area (Å²) in [7, 11) is 1.75. The number of aliphatic hydroxyl groups is 1. The average Bonchev–Trinajstić information content (AvgIpc) is 2.65. The van der Waals surface area contributed by atoms with Gasteiger partial charge in [-0.05, 0) is 50.9 Å². The fourth-order valence-electron chi connectivity index (χ4n) is 3.99. The molecule has 1 aromatic rings. The Bertz CT molecular complexity index is 648. The van der Waals surface area contributed by atoms with Crippen molar-refractivity contribution in [1.82, 2.24) is 9.97 Å². The number of aliphatic hydroxyl groups excluding tert-OH is 1. The minimum atomic E-state index is -0.561. The number of hydrogen-bond donors (Lipinski definition) is 4. The molecule has 1 heterocycles. The zero-order valence-electron chi connectivity index (χ0n) is 16.1. The minimum Gasteiger partial charge on any atom is -0.393 e. The van der Waals surface area contributed by atoms with Gasteiger partial charge in [0.15, 0.2) is 0 Å². The molecule has 0 saturated heterocycles. The first-order valence-corrected chi connectivity index (χ1v) is 9.87. The van der Waals surface area contributed by atoms with Crippen molar-refractivity contribution in [1.29, 1.82) is 0 Å². The van der Waals surface area contributed by atoms with Crippen LogP contribution in [-0.4, -0.2) is 52.4 Å². The van der Waals surface area contributed by atoms with E-state index in [1.165, 1.54) is 6.20 Å². The van der Waals surface area contributed by atoms with Crippen LogP contribution in [0, 0.1) is 5.92 Å². The molecular formula is C19H31N5O3. The van der Waals surface area contributed by atoms with Crippen LogP contribution in [0.4, 0.5) is 11.8 Å². The number of nitrogens with two attached hydrogens (primary N) is 1. The molecule has 1 aromatic heterocycles. The number of methoxy groups -OCH3 is 1. The summed E-state index contributed by atoms with van der Waals surface area (Å²) in [6, 6.07) is 0.357. The maximum Gasteiger partial charge on any atom is 0.254 e. The predicted octanol–water partition coefficient (Wildman–Crippen LogP) is 1.91. The Balaban J connectivity index is 1.68. The van der Waals surface area contributed by atoms with Crippen LogP contribution in [0.5, 0.6) is 0 Å². The third-order valence-corrected chi connectivity index (χ3v) is 5.89. The topological polar surface area (TPSA) is 122 Å². The second kappa shape index (κ2) is 8.84. The predicted molar refractivity (Wildman–Crippen MR) is 104 cm³/mol. The van der Waals surface area contributed by atoms with Crippen molar-refractivity contribution in [2.45, 2.75) is 76.2 Å². The van der Waals surface area contributed by atoms with E-state index >= 15 is 0 Å². The zero-order valence-corrected chi connectivity index (χ0v) is 16.1. The van der Waals surface area contributed by atoms with E-state index in [0.29, 0.717) is 36.3 Å². The Morgan fingerprint density at radius 2 is 1.89 bits per heavy atom. The largest absolute Gasteiger partial charge is 0.393 e.